The molecule has 1 aromatic heterocycles. The molecule has 1 heterocycles. The number of hydrogen-bond acceptors (Lipinski definition) is 4. The minimum Gasteiger partial charge on any atom is -0.464 e. The van der Waals surface area contributed by atoms with Gasteiger partial charge < -0.3 is 4.74 Å². The van der Waals surface area contributed by atoms with Crippen LogP contribution in [0, 0.1) is 13.8 Å². The van der Waals surface area contributed by atoms with Crippen LogP contribution in [0.5, 0.6) is 0 Å². The van der Waals surface area contributed by atoms with Crippen molar-refractivity contribution in [2.75, 3.05) is 7.11 Å². The molecule has 0 aliphatic rings. The molecule has 0 saturated heterocycles. The largest absolute Gasteiger partial charge is 0.464 e. The third-order valence-corrected chi connectivity index (χ3v) is 4.44. The zero-order valence-corrected chi connectivity index (χ0v) is 12.7. The molecule has 0 fully saturated rings. The van der Waals surface area contributed by atoms with E-state index in [9.17, 15) is 4.79 Å². The number of thiazole rings is 1. The highest BCUT2D eigenvalue weighted by Crippen LogP contribution is 2.32. The molecule has 0 unspecified atom stereocenters. The Kier molecular flexibility index (Phi) is 3.82. The molecule has 1 aromatic carbocycles. The number of hydrogen-bond donors (Lipinski definition) is 0. The van der Waals surface area contributed by atoms with Crippen LogP contribution in [0.15, 0.2) is 22.7 Å². The van der Waals surface area contributed by atoms with E-state index in [0.717, 1.165) is 25.5 Å². The summed E-state index contributed by atoms with van der Waals surface area (Å²) < 4.78 is 5.81. The molecule has 3 nitrogen and oxygen atoms in total. The van der Waals surface area contributed by atoms with E-state index in [0.29, 0.717) is 5.69 Å². The van der Waals surface area contributed by atoms with Crippen molar-refractivity contribution in [1.82, 2.24) is 4.98 Å². The number of aryl methyl sites for hydroxylation is 2. The predicted molar refractivity (Wildman–Crippen MR) is 76.1 cm³/mol. The number of methoxy groups -OCH3 is 1. The predicted octanol–water partition coefficient (Wildman–Crippen LogP) is 3.98. The minimum absolute atomic E-state index is 0.390. The lowest BCUT2D eigenvalue weighted by Gasteiger charge is -2.04. The fourth-order valence-corrected chi connectivity index (χ4v) is 2.79. The molecular weight excluding hydrogens is 314 g/mol. The standard InChI is InChI=1S/C13H12BrNO2S/c1-7-6-9(4-5-10(7)14)12-11(13(16)17-3)15-8(2)18-12/h4-6H,1-3H3. The number of halogens is 1. The Balaban J connectivity index is 2.56. The van der Waals surface area contributed by atoms with Gasteiger partial charge >= 0.3 is 5.97 Å². The number of carbonyl (C=O) groups is 1. The van der Waals surface area contributed by atoms with E-state index < -0.39 is 5.97 Å². The second-order valence-electron chi connectivity index (χ2n) is 3.87. The summed E-state index contributed by atoms with van der Waals surface area (Å²) in [6.45, 7) is 3.89. The number of nitrogens with zero attached hydrogens (tertiary/aromatic N) is 1. The zero-order valence-electron chi connectivity index (χ0n) is 10.3. The summed E-state index contributed by atoms with van der Waals surface area (Å²) >= 11 is 4.96. The van der Waals surface area contributed by atoms with Gasteiger partial charge in [-0.15, -0.1) is 11.3 Å². The Morgan fingerprint density at radius 2 is 2.11 bits per heavy atom. The lowest BCUT2D eigenvalue weighted by molar-refractivity contribution is 0.0595. The van der Waals surface area contributed by atoms with Crippen LogP contribution in [-0.4, -0.2) is 18.1 Å². The molecule has 2 aromatic rings. The monoisotopic (exact) mass is 325 g/mol. The van der Waals surface area contributed by atoms with E-state index in [4.69, 9.17) is 4.74 Å². The van der Waals surface area contributed by atoms with Gasteiger partial charge in [0.1, 0.15) is 0 Å². The molecule has 2 rings (SSSR count). The number of rotatable bonds is 2. The van der Waals surface area contributed by atoms with Crippen molar-refractivity contribution in [2.24, 2.45) is 0 Å². The van der Waals surface area contributed by atoms with Gasteiger partial charge in [-0.25, -0.2) is 9.78 Å². The van der Waals surface area contributed by atoms with Crippen LogP contribution >= 0.6 is 27.3 Å². The smallest absolute Gasteiger partial charge is 0.358 e. The van der Waals surface area contributed by atoms with E-state index in [1.54, 1.807) is 0 Å². The molecule has 0 bridgehead atoms. The first kappa shape index (κ1) is 13.2. The van der Waals surface area contributed by atoms with Crippen LogP contribution in [0.25, 0.3) is 10.4 Å². The number of aromatic nitrogens is 1. The third-order valence-electron chi connectivity index (χ3n) is 2.53. The maximum atomic E-state index is 11.7. The molecule has 0 amide bonds. The first-order valence-electron chi connectivity index (χ1n) is 5.35. The highest BCUT2D eigenvalue weighted by Gasteiger charge is 2.18. The van der Waals surface area contributed by atoms with Gasteiger partial charge in [0.05, 0.1) is 17.0 Å². The number of carbonyl (C=O) groups excluding carboxylic acids is 1. The van der Waals surface area contributed by atoms with Crippen LogP contribution in [0.3, 0.4) is 0 Å². The fourth-order valence-electron chi connectivity index (χ4n) is 1.64. The molecule has 5 heteroatoms. The van der Waals surface area contributed by atoms with Crippen molar-refractivity contribution in [3.63, 3.8) is 0 Å². The van der Waals surface area contributed by atoms with Gasteiger partial charge in [-0.3, -0.25) is 0 Å². The molecule has 0 radical (unpaired) electrons. The Morgan fingerprint density at radius 1 is 1.39 bits per heavy atom. The molecule has 18 heavy (non-hydrogen) atoms. The quantitative estimate of drug-likeness (QED) is 0.784. The van der Waals surface area contributed by atoms with Gasteiger partial charge in [0.15, 0.2) is 5.69 Å². The summed E-state index contributed by atoms with van der Waals surface area (Å²) in [5.74, 6) is -0.394. The van der Waals surface area contributed by atoms with Gasteiger partial charge in [0.2, 0.25) is 0 Å². The van der Waals surface area contributed by atoms with Gasteiger partial charge in [-0.2, -0.15) is 0 Å². The topological polar surface area (TPSA) is 39.2 Å². The Hall–Kier alpha value is -1.20. The average Bonchev–Trinajstić information content (AvgIpc) is 2.74. The molecule has 0 spiro atoms. The molecule has 94 valence electrons. The zero-order chi connectivity index (χ0) is 13.3. The third kappa shape index (κ3) is 2.47. The summed E-state index contributed by atoms with van der Waals surface area (Å²) in [6.07, 6.45) is 0. The number of ether oxygens (including phenoxy) is 1. The SMILES string of the molecule is COC(=O)c1nc(C)sc1-c1ccc(Br)c(C)c1. The molecule has 0 saturated carbocycles. The van der Waals surface area contributed by atoms with Crippen molar-refractivity contribution < 1.29 is 9.53 Å². The van der Waals surface area contributed by atoms with Crippen molar-refractivity contribution in [1.29, 1.82) is 0 Å². The highest BCUT2D eigenvalue weighted by molar-refractivity contribution is 9.10. The lowest BCUT2D eigenvalue weighted by atomic mass is 10.1. The summed E-state index contributed by atoms with van der Waals surface area (Å²) in [4.78, 5) is 16.8. The van der Waals surface area contributed by atoms with E-state index in [1.807, 2.05) is 32.0 Å². The van der Waals surface area contributed by atoms with Crippen LogP contribution in [0.4, 0.5) is 0 Å². The molecular formula is C13H12BrNO2S. The first-order valence-corrected chi connectivity index (χ1v) is 6.96. The Bertz CT molecular complexity index is 607. The maximum Gasteiger partial charge on any atom is 0.358 e. The number of esters is 1. The van der Waals surface area contributed by atoms with Crippen LogP contribution in [-0.2, 0) is 4.74 Å². The van der Waals surface area contributed by atoms with Crippen molar-refractivity contribution >= 4 is 33.2 Å². The Morgan fingerprint density at radius 3 is 2.72 bits per heavy atom. The van der Waals surface area contributed by atoms with Crippen LogP contribution in [0.2, 0.25) is 0 Å². The highest BCUT2D eigenvalue weighted by atomic mass is 79.9. The fraction of sp³-hybridized carbons (Fsp3) is 0.231. The molecule has 0 aliphatic heterocycles. The lowest BCUT2D eigenvalue weighted by Crippen LogP contribution is -2.03. The second-order valence-corrected chi connectivity index (χ2v) is 5.92. The minimum atomic E-state index is -0.394. The Labute approximate surface area is 118 Å². The van der Waals surface area contributed by atoms with E-state index in [2.05, 4.69) is 20.9 Å². The average molecular weight is 326 g/mol. The van der Waals surface area contributed by atoms with Gasteiger partial charge in [0, 0.05) is 4.47 Å². The first-order chi connectivity index (χ1) is 8.52. The van der Waals surface area contributed by atoms with Crippen molar-refractivity contribution in [3.8, 4) is 10.4 Å². The maximum absolute atomic E-state index is 11.7. The van der Waals surface area contributed by atoms with Gasteiger partial charge in [0.25, 0.3) is 0 Å². The van der Waals surface area contributed by atoms with Crippen LogP contribution < -0.4 is 0 Å². The van der Waals surface area contributed by atoms with Crippen molar-refractivity contribution in [3.05, 3.63) is 38.9 Å². The number of benzene rings is 1. The molecule has 0 aliphatic carbocycles. The summed E-state index contributed by atoms with van der Waals surface area (Å²) in [7, 11) is 1.37. The van der Waals surface area contributed by atoms with E-state index >= 15 is 0 Å². The van der Waals surface area contributed by atoms with Gasteiger partial charge in [-0.1, -0.05) is 22.0 Å². The van der Waals surface area contributed by atoms with Crippen LogP contribution in [0.1, 0.15) is 21.1 Å². The van der Waals surface area contributed by atoms with E-state index in [-0.39, 0.29) is 0 Å². The normalized spacial score (nSPS) is 10.4. The summed E-state index contributed by atoms with van der Waals surface area (Å²) in [6, 6.07) is 5.97. The van der Waals surface area contributed by atoms with E-state index in [1.165, 1.54) is 18.4 Å². The summed E-state index contributed by atoms with van der Waals surface area (Å²) in [5, 5.41) is 0.853. The van der Waals surface area contributed by atoms with Gasteiger partial charge in [-0.05, 0) is 37.1 Å². The second kappa shape index (κ2) is 5.20. The summed E-state index contributed by atoms with van der Waals surface area (Å²) in [5.41, 5.74) is 2.50. The van der Waals surface area contributed by atoms with Crippen molar-refractivity contribution in [2.45, 2.75) is 13.8 Å². The molecule has 0 atom stereocenters. The molecule has 0 N–H and O–H groups in total.